The summed E-state index contributed by atoms with van der Waals surface area (Å²) in [5.74, 6) is 1.90. The van der Waals surface area contributed by atoms with E-state index in [0.29, 0.717) is 0 Å². The Kier molecular flexibility index (Phi) is 7.69. The molecule has 0 spiro atoms. The molecule has 0 fully saturated rings. The van der Waals surface area contributed by atoms with Crippen LogP contribution in [0, 0.1) is 6.92 Å². The van der Waals surface area contributed by atoms with Crippen LogP contribution in [-0.4, -0.2) is 15.2 Å². The maximum absolute atomic E-state index is 4.31. The summed E-state index contributed by atoms with van der Waals surface area (Å²) in [5.41, 5.74) is 0. The number of hydrogen-bond donors (Lipinski definition) is 1. The van der Waals surface area contributed by atoms with E-state index in [1.165, 1.54) is 57.8 Å². The van der Waals surface area contributed by atoms with Crippen molar-refractivity contribution >= 4 is 0 Å². The molecule has 0 atom stereocenters. The first-order chi connectivity index (χ1) is 8.33. The van der Waals surface area contributed by atoms with E-state index in [0.717, 1.165) is 18.1 Å². The minimum atomic E-state index is 0.857. The number of hydrogen-bond acceptors (Lipinski definition) is 2. The molecule has 1 aromatic heterocycles. The summed E-state index contributed by atoms with van der Waals surface area (Å²) < 4.78 is 0. The van der Waals surface area contributed by atoms with Gasteiger partial charge in [-0.1, -0.05) is 58.3 Å². The van der Waals surface area contributed by atoms with Crippen molar-refractivity contribution in [1.29, 1.82) is 0 Å². The largest absolute Gasteiger partial charge is 0.263 e. The van der Waals surface area contributed by atoms with E-state index in [2.05, 4.69) is 22.1 Å². The Labute approximate surface area is 105 Å². The third kappa shape index (κ3) is 7.14. The van der Waals surface area contributed by atoms with E-state index in [-0.39, 0.29) is 0 Å². The van der Waals surface area contributed by atoms with Gasteiger partial charge in [-0.25, -0.2) is 4.98 Å². The van der Waals surface area contributed by atoms with Crippen LogP contribution < -0.4 is 0 Å². The molecule has 1 aromatic rings. The quantitative estimate of drug-likeness (QED) is 0.620. The lowest BCUT2D eigenvalue weighted by molar-refractivity contribution is 0.562. The van der Waals surface area contributed by atoms with Crippen molar-refractivity contribution in [2.75, 3.05) is 0 Å². The van der Waals surface area contributed by atoms with Gasteiger partial charge in [-0.05, 0) is 13.3 Å². The van der Waals surface area contributed by atoms with Crippen molar-refractivity contribution in [3.63, 3.8) is 0 Å². The second-order valence-electron chi connectivity index (χ2n) is 4.91. The van der Waals surface area contributed by atoms with Crippen molar-refractivity contribution in [2.45, 2.75) is 78.1 Å². The van der Waals surface area contributed by atoms with Crippen molar-refractivity contribution in [3.8, 4) is 0 Å². The summed E-state index contributed by atoms with van der Waals surface area (Å²) in [5, 5.41) is 7.01. The van der Waals surface area contributed by atoms with Gasteiger partial charge in [0, 0.05) is 6.42 Å². The van der Waals surface area contributed by atoms with Crippen molar-refractivity contribution in [3.05, 3.63) is 11.6 Å². The van der Waals surface area contributed by atoms with E-state index >= 15 is 0 Å². The summed E-state index contributed by atoms with van der Waals surface area (Å²) in [6.07, 6.45) is 13.4. The lowest BCUT2D eigenvalue weighted by atomic mass is 10.1. The van der Waals surface area contributed by atoms with Gasteiger partial charge in [0.25, 0.3) is 0 Å². The van der Waals surface area contributed by atoms with Gasteiger partial charge in [0.15, 0.2) is 0 Å². The van der Waals surface area contributed by atoms with Gasteiger partial charge in [-0.3, -0.25) is 5.10 Å². The molecule has 17 heavy (non-hydrogen) atoms. The molecular formula is C14H27N3. The highest BCUT2D eigenvalue weighted by Gasteiger charge is 1.98. The number of aromatic amines is 1. The number of aromatic nitrogens is 3. The van der Waals surface area contributed by atoms with Crippen LogP contribution in [-0.2, 0) is 6.42 Å². The minimum Gasteiger partial charge on any atom is -0.263 e. The third-order valence-electron chi connectivity index (χ3n) is 3.16. The Hall–Kier alpha value is -0.860. The normalized spacial score (nSPS) is 10.9. The molecule has 1 heterocycles. The predicted octanol–water partition coefficient (Wildman–Crippen LogP) is 4.19. The fourth-order valence-electron chi connectivity index (χ4n) is 2.11. The molecule has 1 rings (SSSR count). The highest BCUT2D eigenvalue weighted by Crippen LogP contribution is 2.10. The molecule has 0 aromatic carbocycles. The lowest BCUT2D eigenvalue weighted by Crippen LogP contribution is -1.89. The van der Waals surface area contributed by atoms with Gasteiger partial charge in [-0.15, -0.1) is 0 Å². The Bertz CT molecular complexity index is 281. The van der Waals surface area contributed by atoms with Crippen LogP contribution in [0.2, 0.25) is 0 Å². The van der Waals surface area contributed by atoms with Crippen LogP contribution in [0.25, 0.3) is 0 Å². The molecule has 3 heteroatoms. The predicted molar refractivity (Wildman–Crippen MR) is 72.1 cm³/mol. The summed E-state index contributed by atoms with van der Waals surface area (Å²) in [4.78, 5) is 4.31. The molecule has 98 valence electrons. The molecule has 0 aliphatic carbocycles. The van der Waals surface area contributed by atoms with Gasteiger partial charge in [-0.2, -0.15) is 5.10 Å². The summed E-state index contributed by atoms with van der Waals surface area (Å²) in [7, 11) is 0. The van der Waals surface area contributed by atoms with Crippen molar-refractivity contribution in [1.82, 2.24) is 15.2 Å². The monoisotopic (exact) mass is 237 g/mol. The van der Waals surface area contributed by atoms with Gasteiger partial charge in [0.1, 0.15) is 11.6 Å². The molecule has 0 radical (unpaired) electrons. The molecule has 0 aliphatic heterocycles. The van der Waals surface area contributed by atoms with Crippen LogP contribution in [0.3, 0.4) is 0 Å². The smallest absolute Gasteiger partial charge is 0.147 e. The van der Waals surface area contributed by atoms with Crippen LogP contribution in [0.5, 0.6) is 0 Å². The van der Waals surface area contributed by atoms with E-state index < -0.39 is 0 Å². The first-order valence-electron chi connectivity index (χ1n) is 7.21. The van der Waals surface area contributed by atoms with E-state index in [1.54, 1.807) is 0 Å². The highest BCUT2D eigenvalue weighted by atomic mass is 15.2. The number of H-pyrrole nitrogens is 1. The van der Waals surface area contributed by atoms with Crippen LogP contribution in [0.15, 0.2) is 0 Å². The van der Waals surface area contributed by atoms with Crippen LogP contribution in [0.4, 0.5) is 0 Å². The zero-order valence-corrected chi connectivity index (χ0v) is 11.5. The SMILES string of the molecule is CCCCCCCCCCCc1nc(C)n[nH]1. The van der Waals surface area contributed by atoms with E-state index in [9.17, 15) is 0 Å². The topological polar surface area (TPSA) is 41.6 Å². The maximum atomic E-state index is 4.31. The Balaban J connectivity index is 1.84. The fourth-order valence-corrected chi connectivity index (χ4v) is 2.11. The molecule has 0 bridgehead atoms. The number of aryl methyl sites for hydroxylation is 2. The average Bonchev–Trinajstić information content (AvgIpc) is 2.73. The Morgan fingerprint density at radius 2 is 1.47 bits per heavy atom. The van der Waals surface area contributed by atoms with Crippen molar-refractivity contribution in [2.24, 2.45) is 0 Å². The standard InChI is InChI=1S/C14H27N3/c1-3-4-5-6-7-8-9-10-11-12-14-15-13(2)16-17-14/h3-12H2,1-2H3,(H,15,16,17). The minimum absolute atomic E-state index is 0.857. The highest BCUT2D eigenvalue weighted by molar-refractivity contribution is 4.87. The first-order valence-corrected chi connectivity index (χ1v) is 7.21. The Morgan fingerprint density at radius 1 is 0.882 bits per heavy atom. The van der Waals surface area contributed by atoms with Crippen LogP contribution in [0.1, 0.15) is 76.4 Å². The van der Waals surface area contributed by atoms with Gasteiger partial charge >= 0.3 is 0 Å². The molecule has 0 saturated heterocycles. The second kappa shape index (κ2) is 9.20. The van der Waals surface area contributed by atoms with Gasteiger partial charge in [0.2, 0.25) is 0 Å². The summed E-state index contributed by atoms with van der Waals surface area (Å²) in [6, 6.07) is 0. The molecular weight excluding hydrogens is 210 g/mol. The maximum Gasteiger partial charge on any atom is 0.147 e. The number of rotatable bonds is 10. The molecule has 0 amide bonds. The molecule has 1 N–H and O–H groups in total. The Morgan fingerprint density at radius 3 is 2.00 bits per heavy atom. The lowest BCUT2D eigenvalue weighted by Gasteiger charge is -2.00. The molecule has 0 unspecified atom stereocenters. The summed E-state index contributed by atoms with van der Waals surface area (Å²) in [6.45, 7) is 4.20. The second-order valence-corrected chi connectivity index (χ2v) is 4.91. The van der Waals surface area contributed by atoms with E-state index in [4.69, 9.17) is 0 Å². The van der Waals surface area contributed by atoms with E-state index in [1.807, 2.05) is 6.92 Å². The molecule has 0 saturated carbocycles. The summed E-state index contributed by atoms with van der Waals surface area (Å²) >= 11 is 0. The third-order valence-corrected chi connectivity index (χ3v) is 3.16. The molecule has 3 nitrogen and oxygen atoms in total. The van der Waals surface area contributed by atoms with Crippen LogP contribution >= 0.6 is 0 Å². The van der Waals surface area contributed by atoms with Crippen molar-refractivity contribution < 1.29 is 0 Å². The zero-order chi connectivity index (χ0) is 12.3. The average molecular weight is 237 g/mol. The fraction of sp³-hybridized carbons (Fsp3) is 0.857. The first kappa shape index (κ1) is 14.2. The number of nitrogens with zero attached hydrogens (tertiary/aromatic N) is 2. The number of nitrogens with one attached hydrogen (secondary N) is 1. The zero-order valence-electron chi connectivity index (χ0n) is 11.5. The molecule has 0 aliphatic rings. The number of unbranched alkanes of at least 4 members (excludes halogenated alkanes) is 8. The van der Waals surface area contributed by atoms with Gasteiger partial charge in [0.05, 0.1) is 0 Å². The van der Waals surface area contributed by atoms with Gasteiger partial charge < -0.3 is 0 Å².